The maximum Gasteiger partial charge on any atom is 0.356 e. The lowest BCUT2D eigenvalue weighted by Gasteiger charge is -2.17. The van der Waals surface area contributed by atoms with Crippen molar-refractivity contribution in [3.8, 4) is 0 Å². The number of carboxylic acid groups (broad SMARTS) is 1. The average molecular weight is 243 g/mol. The van der Waals surface area contributed by atoms with E-state index in [0.29, 0.717) is 13.2 Å². The Hall–Kier alpha value is -1.60. The van der Waals surface area contributed by atoms with Crippen molar-refractivity contribution in [1.29, 1.82) is 0 Å². The highest BCUT2D eigenvalue weighted by molar-refractivity contribution is 5.86. The molecule has 0 radical (unpaired) electrons. The quantitative estimate of drug-likeness (QED) is 0.679. The summed E-state index contributed by atoms with van der Waals surface area (Å²) >= 11 is 0. The fourth-order valence-corrected chi connectivity index (χ4v) is 1.35. The number of nitrogen functional groups attached to an aromatic ring is 1. The van der Waals surface area contributed by atoms with E-state index in [4.69, 9.17) is 20.3 Å². The van der Waals surface area contributed by atoms with Gasteiger partial charge in [-0.2, -0.15) is 5.10 Å². The van der Waals surface area contributed by atoms with Gasteiger partial charge in [-0.25, -0.2) is 9.48 Å². The molecule has 7 nitrogen and oxygen atoms in total. The summed E-state index contributed by atoms with van der Waals surface area (Å²) < 4.78 is 12.0. The number of ether oxygens (including phenoxy) is 2. The van der Waals surface area contributed by atoms with Gasteiger partial charge in [0.05, 0.1) is 6.54 Å². The van der Waals surface area contributed by atoms with Crippen LogP contribution in [-0.2, 0) is 16.0 Å². The Balaban J connectivity index is 2.74. The molecule has 17 heavy (non-hydrogen) atoms. The van der Waals surface area contributed by atoms with Crippen LogP contribution in [0.5, 0.6) is 0 Å². The van der Waals surface area contributed by atoms with Gasteiger partial charge in [0.15, 0.2) is 12.0 Å². The molecule has 1 aromatic rings. The van der Waals surface area contributed by atoms with Crippen LogP contribution in [-0.4, -0.2) is 40.4 Å². The third-order valence-electron chi connectivity index (χ3n) is 2.06. The molecule has 0 fully saturated rings. The van der Waals surface area contributed by atoms with Gasteiger partial charge in [-0.3, -0.25) is 0 Å². The summed E-state index contributed by atoms with van der Waals surface area (Å²) in [7, 11) is 0. The molecule has 0 aromatic carbocycles. The molecule has 0 spiro atoms. The lowest BCUT2D eigenvalue weighted by molar-refractivity contribution is -0.144. The van der Waals surface area contributed by atoms with Crippen LogP contribution in [0.1, 0.15) is 24.3 Å². The minimum absolute atomic E-state index is 0.0887. The first-order chi connectivity index (χ1) is 8.08. The number of aromatic carboxylic acids is 1. The van der Waals surface area contributed by atoms with Gasteiger partial charge in [-0.05, 0) is 13.8 Å². The number of hydrogen-bond acceptors (Lipinski definition) is 5. The highest BCUT2D eigenvalue weighted by Crippen LogP contribution is 2.09. The molecule has 1 rings (SSSR count). The summed E-state index contributed by atoms with van der Waals surface area (Å²) in [5.41, 5.74) is 5.56. The van der Waals surface area contributed by atoms with Crippen molar-refractivity contribution in [3.05, 3.63) is 11.8 Å². The summed E-state index contributed by atoms with van der Waals surface area (Å²) in [6, 6.07) is 1.30. The predicted molar refractivity (Wildman–Crippen MR) is 60.6 cm³/mol. The monoisotopic (exact) mass is 243 g/mol. The van der Waals surface area contributed by atoms with E-state index in [0.717, 1.165) is 0 Å². The minimum atomic E-state index is -1.11. The Morgan fingerprint density at radius 1 is 1.53 bits per heavy atom. The number of nitrogens with two attached hydrogens (primary N) is 1. The number of hydrogen-bond donors (Lipinski definition) is 2. The molecular formula is C10H17N3O4. The van der Waals surface area contributed by atoms with Gasteiger partial charge in [0.25, 0.3) is 0 Å². The van der Waals surface area contributed by atoms with Gasteiger partial charge < -0.3 is 20.3 Å². The first-order valence-corrected chi connectivity index (χ1v) is 5.38. The molecule has 3 N–H and O–H groups in total. The van der Waals surface area contributed by atoms with E-state index in [1.54, 1.807) is 0 Å². The van der Waals surface area contributed by atoms with Crippen molar-refractivity contribution in [2.24, 2.45) is 0 Å². The minimum Gasteiger partial charge on any atom is -0.476 e. The first kappa shape index (κ1) is 13.5. The van der Waals surface area contributed by atoms with Crippen molar-refractivity contribution in [2.45, 2.75) is 26.7 Å². The second kappa shape index (κ2) is 6.21. The summed E-state index contributed by atoms with van der Waals surface area (Å²) in [4.78, 5) is 10.7. The fraction of sp³-hybridized carbons (Fsp3) is 0.600. The topological polar surface area (TPSA) is 99.6 Å². The zero-order valence-electron chi connectivity index (χ0n) is 9.92. The number of aromatic nitrogens is 2. The van der Waals surface area contributed by atoms with Gasteiger partial charge >= 0.3 is 5.97 Å². The van der Waals surface area contributed by atoms with E-state index < -0.39 is 12.3 Å². The molecule has 1 heterocycles. The Morgan fingerprint density at radius 3 is 2.53 bits per heavy atom. The highest BCUT2D eigenvalue weighted by Gasteiger charge is 2.15. The van der Waals surface area contributed by atoms with Crippen molar-refractivity contribution in [2.75, 3.05) is 18.9 Å². The van der Waals surface area contributed by atoms with Crippen molar-refractivity contribution >= 4 is 11.8 Å². The molecule has 0 unspecified atom stereocenters. The molecule has 0 aliphatic heterocycles. The smallest absolute Gasteiger partial charge is 0.356 e. The molecule has 0 aliphatic carbocycles. The molecule has 96 valence electrons. The van der Waals surface area contributed by atoms with E-state index in [1.165, 1.54) is 10.7 Å². The maximum atomic E-state index is 10.7. The maximum absolute atomic E-state index is 10.7. The van der Waals surface area contributed by atoms with Crippen LogP contribution in [0.4, 0.5) is 5.82 Å². The Bertz CT molecular complexity index is 372. The predicted octanol–water partition coefficient (Wildman–Crippen LogP) is 0.563. The highest BCUT2D eigenvalue weighted by atomic mass is 16.7. The second-order valence-corrected chi connectivity index (χ2v) is 3.28. The molecular weight excluding hydrogens is 226 g/mol. The second-order valence-electron chi connectivity index (χ2n) is 3.28. The molecule has 0 aliphatic rings. The molecule has 0 saturated carbocycles. The van der Waals surface area contributed by atoms with Crippen LogP contribution < -0.4 is 5.73 Å². The van der Waals surface area contributed by atoms with E-state index in [2.05, 4.69) is 5.10 Å². The van der Waals surface area contributed by atoms with E-state index in [1.807, 2.05) is 13.8 Å². The van der Waals surface area contributed by atoms with Crippen LogP contribution in [0.3, 0.4) is 0 Å². The van der Waals surface area contributed by atoms with Crippen molar-refractivity contribution in [3.63, 3.8) is 0 Å². The number of rotatable bonds is 7. The first-order valence-electron chi connectivity index (χ1n) is 5.38. The standard InChI is InChI=1S/C10H17N3O4/c1-3-16-9(17-4-2)6-13-8(11)5-7(12-13)10(14)15/h5,9H,3-4,6,11H2,1-2H3,(H,14,15). The van der Waals surface area contributed by atoms with E-state index in [9.17, 15) is 4.79 Å². The number of anilines is 1. The Morgan fingerprint density at radius 2 is 2.12 bits per heavy atom. The van der Waals surface area contributed by atoms with E-state index in [-0.39, 0.29) is 18.1 Å². The molecule has 0 atom stereocenters. The zero-order chi connectivity index (χ0) is 12.8. The lowest BCUT2D eigenvalue weighted by Crippen LogP contribution is -2.25. The molecule has 1 aromatic heterocycles. The average Bonchev–Trinajstić information content (AvgIpc) is 2.61. The zero-order valence-corrected chi connectivity index (χ0v) is 9.92. The van der Waals surface area contributed by atoms with Gasteiger partial charge in [0.1, 0.15) is 5.82 Å². The number of nitrogens with zero attached hydrogens (tertiary/aromatic N) is 2. The summed E-state index contributed by atoms with van der Waals surface area (Å²) in [5, 5.41) is 12.6. The SMILES string of the molecule is CCOC(Cn1nc(C(=O)O)cc1N)OCC. The van der Waals surface area contributed by atoms with Crippen LogP contribution >= 0.6 is 0 Å². The van der Waals surface area contributed by atoms with Crippen LogP contribution in [0.25, 0.3) is 0 Å². The van der Waals surface area contributed by atoms with Gasteiger partial charge in [0, 0.05) is 19.3 Å². The van der Waals surface area contributed by atoms with Gasteiger partial charge in [0.2, 0.25) is 0 Å². The Labute approximate surface area is 99.1 Å². The molecule has 0 saturated heterocycles. The number of carboxylic acids is 1. The summed E-state index contributed by atoms with van der Waals surface area (Å²) in [6.07, 6.45) is -0.478. The summed E-state index contributed by atoms with van der Waals surface area (Å²) in [6.45, 7) is 4.96. The van der Waals surface area contributed by atoms with Gasteiger partial charge in [-0.15, -0.1) is 0 Å². The van der Waals surface area contributed by atoms with Crippen LogP contribution in [0.15, 0.2) is 6.07 Å². The van der Waals surface area contributed by atoms with Crippen molar-refractivity contribution < 1.29 is 19.4 Å². The molecule has 0 bridgehead atoms. The molecule has 7 heteroatoms. The fourth-order valence-electron chi connectivity index (χ4n) is 1.35. The number of carbonyl (C=O) groups is 1. The van der Waals surface area contributed by atoms with E-state index >= 15 is 0 Å². The Kier molecular flexibility index (Phi) is 4.92. The van der Waals surface area contributed by atoms with Crippen LogP contribution in [0.2, 0.25) is 0 Å². The lowest BCUT2D eigenvalue weighted by atomic mass is 10.4. The van der Waals surface area contributed by atoms with Gasteiger partial charge in [-0.1, -0.05) is 0 Å². The normalized spacial score (nSPS) is 11.0. The molecule has 0 amide bonds. The largest absolute Gasteiger partial charge is 0.476 e. The van der Waals surface area contributed by atoms with Crippen molar-refractivity contribution in [1.82, 2.24) is 9.78 Å². The summed E-state index contributed by atoms with van der Waals surface area (Å²) in [5.74, 6) is -0.841. The van der Waals surface area contributed by atoms with Crippen LogP contribution in [0, 0.1) is 0 Å². The third-order valence-corrected chi connectivity index (χ3v) is 2.06. The third kappa shape index (κ3) is 3.72.